The predicted molar refractivity (Wildman–Crippen MR) is 83.1 cm³/mol. The molecule has 0 amide bonds. The van der Waals surface area contributed by atoms with Gasteiger partial charge in [0.2, 0.25) is 0 Å². The van der Waals surface area contributed by atoms with Gasteiger partial charge in [0.05, 0.1) is 0 Å². The molecule has 1 aromatic rings. The maximum Gasteiger partial charge on any atom is 0.122 e. The number of hydrogen-bond acceptors (Lipinski definition) is 2. The van der Waals surface area contributed by atoms with E-state index in [1.807, 2.05) is 7.05 Å². The van der Waals surface area contributed by atoms with E-state index in [0.29, 0.717) is 5.92 Å². The Morgan fingerprint density at radius 3 is 2.26 bits per heavy atom. The molecule has 2 nitrogen and oxygen atoms in total. The first-order valence-electron chi connectivity index (χ1n) is 7.18. The quantitative estimate of drug-likeness (QED) is 0.869. The van der Waals surface area contributed by atoms with Crippen molar-refractivity contribution < 1.29 is 4.74 Å². The standard InChI is InChI=1S/C17H29NO/c1-12(2)16(11-18-7)19-15-9-8-14(10-13(15)3)17(4,5)6/h8-10,12,16,18H,11H2,1-7H3. The Morgan fingerprint density at radius 2 is 1.84 bits per heavy atom. The van der Waals surface area contributed by atoms with Crippen LogP contribution in [0.4, 0.5) is 0 Å². The van der Waals surface area contributed by atoms with Gasteiger partial charge >= 0.3 is 0 Å². The van der Waals surface area contributed by atoms with Gasteiger partial charge in [-0.3, -0.25) is 0 Å². The Morgan fingerprint density at radius 1 is 1.21 bits per heavy atom. The van der Waals surface area contributed by atoms with Gasteiger partial charge in [-0.2, -0.15) is 0 Å². The molecule has 0 aliphatic heterocycles. The zero-order valence-electron chi connectivity index (χ0n) is 13.5. The van der Waals surface area contributed by atoms with E-state index >= 15 is 0 Å². The largest absolute Gasteiger partial charge is 0.489 e. The lowest BCUT2D eigenvalue weighted by atomic mass is 9.86. The number of likely N-dealkylation sites (N-methyl/N-ethyl adjacent to an activating group) is 1. The van der Waals surface area contributed by atoms with E-state index in [2.05, 4.69) is 65.1 Å². The van der Waals surface area contributed by atoms with E-state index in [-0.39, 0.29) is 11.5 Å². The molecule has 2 heteroatoms. The van der Waals surface area contributed by atoms with Gasteiger partial charge in [-0.25, -0.2) is 0 Å². The van der Waals surface area contributed by atoms with E-state index in [1.54, 1.807) is 0 Å². The average Bonchev–Trinajstić information content (AvgIpc) is 2.29. The molecule has 1 atom stereocenters. The average molecular weight is 263 g/mol. The molecule has 0 saturated heterocycles. The van der Waals surface area contributed by atoms with Crippen LogP contribution in [-0.2, 0) is 5.41 Å². The minimum Gasteiger partial charge on any atom is -0.489 e. The molecule has 1 N–H and O–H groups in total. The van der Waals surface area contributed by atoms with Gasteiger partial charge in [0.25, 0.3) is 0 Å². The van der Waals surface area contributed by atoms with Crippen molar-refractivity contribution in [1.29, 1.82) is 0 Å². The van der Waals surface area contributed by atoms with Crippen LogP contribution in [0.1, 0.15) is 45.7 Å². The van der Waals surface area contributed by atoms with Gasteiger partial charge in [0, 0.05) is 6.54 Å². The second-order valence-electron chi connectivity index (χ2n) is 6.69. The number of ether oxygens (including phenoxy) is 1. The summed E-state index contributed by atoms with van der Waals surface area (Å²) in [7, 11) is 1.97. The first kappa shape index (κ1) is 16.0. The third-order valence-corrected chi connectivity index (χ3v) is 3.47. The van der Waals surface area contributed by atoms with Crippen molar-refractivity contribution in [1.82, 2.24) is 5.32 Å². The molecule has 1 rings (SSSR count). The summed E-state index contributed by atoms with van der Waals surface area (Å²) in [6.07, 6.45) is 0.212. The van der Waals surface area contributed by atoms with E-state index in [0.717, 1.165) is 12.3 Å². The molecule has 108 valence electrons. The van der Waals surface area contributed by atoms with E-state index in [4.69, 9.17) is 4.74 Å². The predicted octanol–water partition coefficient (Wildman–Crippen LogP) is 3.92. The SMILES string of the molecule is CNCC(Oc1ccc(C(C)(C)C)cc1C)C(C)C. The van der Waals surface area contributed by atoms with Crippen LogP contribution in [0.5, 0.6) is 5.75 Å². The molecule has 0 saturated carbocycles. The molecule has 0 aliphatic rings. The van der Waals surface area contributed by atoms with E-state index < -0.39 is 0 Å². The first-order chi connectivity index (χ1) is 8.75. The number of nitrogens with one attached hydrogen (secondary N) is 1. The lowest BCUT2D eigenvalue weighted by Gasteiger charge is -2.25. The zero-order valence-corrected chi connectivity index (χ0v) is 13.5. The third-order valence-electron chi connectivity index (χ3n) is 3.47. The topological polar surface area (TPSA) is 21.3 Å². The van der Waals surface area contributed by atoms with E-state index in [1.165, 1.54) is 11.1 Å². The molecule has 0 aliphatic carbocycles. The van der Waals surface area contributed by atoms with Gasteiger partial charge < -0.3 is 10.1 Å². The van der Waals surface area contributed by atoms with Crippen LogP contribution in [0.3, 0.4) is 0 Å². The van der Waals surface area contributed by atoms with Crippen LogP contribution in [0, 0.1) is 12.8 Å². The van der Waals surface area contributed by atoms with Crippen molar-refractivity contribution in [2.45, 2.75) is 53.1 Å². The third kappa shape index (κ3) is 4.54. The molecule has 0 radical (unpaired) electrons. The monoisotopic (exact) mass is 263 g/mol. The number of rotatable bonds is 5. The van der Waals surface area contributed by atoms with Crippen molar-refractivity contribution in [2.24, 2.45) is 5.92 Å². The molecular formula is C17H29NO. The Labute approximate surface area is 118 Å². The lowest BCUT2D eigenvalue weighted by Crippen LogP contribution is -2.33. The number of hydrogen-bond donors (Lipinski definition) is 1. The number of benzene rings is 1. The molecule has 19 heavy (non-hydrogen) atoms. The smallest absolute Gasteiger partial charge is 0.122 e. The van der Waals surface area contributed by atoms with Crippen LogP contribution >= 0.6 is 0 Å². The molecule has 0 aromatic heterocycles. The summed E-state index contributed by atoms with van der Waals surface area (Å²) >= 11 is 0. The summed E-state index contributed by atoms with van der Waals surface area (Å²) in [4.78, 5) is 0. The molecular weight excluding hydrogens is 234 g/mol. The highest BCUT2D eigenvalue weighted by molar-refractivity contribution is 5.38. The van der Waals surface area contributed by atoms with Gasteiger partial charge in [-0.1, -0.05) is 46.8 Å². The molecule has 0 spiro atoms. The van der Waals surface area contributed by atoms with Crippen molar-refractivity contribution in [3.8, 4) is 5.75 Å². The maximum absolute atomic E-state index is 6.15. The maximum atomic E-state index is 6.15. The summed E-state index contributed by atoms with van der Waals surface area (Å²) in [5, 5.41) is 3.20. The summed E-state index contributed by atoms with van der Waals surface area (Å²) in [5.41, 5.74) is 2.76. The van der Waals surface area contributed by atoms with Crippen molar-refractivity contribution in [3.63, 3.8) is 0 Å². The van der Waals surface area contributed by atoms with Gasteiger partial charge in [0.1, 0.15) is 11.9 Å². The number of aryl methyl sites for hydroxylation is 1. The Hall–Kier alpha value is -1.02. The second-order valence-corrected chi connectivity index (χ2v) is 6.69. The highest BCUT2D eigenvalue weighted by Gasteiger charge is 2.18. The first-order valence-corrected chi connectivity index (χ1v) is 7.18. The minimum atomic E-state index is 0.186. The van der Waals surface area contributed by atoms with Gasteiger partial charge in [-0.05, 0) is 42.5 Å². The van der Waals surface area contributed by atoms with Crippen LogP contribution in [0.15, 0.2) is 18.2 Å². The Balaban J connectivity index is 2.90. The van der Waals surface area contributed by atoms with Crippen molar-refractivity contribution in [3.05, 3.63) is 29.3 Å². The van der Waals surface area contributed by atoms with Gasteiger partial charge in [0.15, 0.2) is 0 Å². The molecule has 0 bridgehead atoms. The van der Waals surface area contributed by atoms with Crippen LogP contribution < -0.4 is 10.1 Å². The summed E-state index contributed by atoms with van der Waals surface area (Å²) < 4.78 is 6.15. The Kier molecular flexibility index (Phi) is 5.42. The normalized spacial score (nSPS) is 13.7. The minimum absolute atomic E-state index is 0.186. The van der Waals surface area contributed by atoms with Gasteiger partial charge in [-0.15, -0.1) is 0 Å². The Bertz CT molecular complexity index is 404. The summed E-state index contributed by atoms with van der Waals surface area (Å²) in [6, 6.07) is 6.53. The van der Waals surface area contributed by atoms with Crippen LogP contribution in [0.25, 0.3) is 0 Å². The van der Waals surface area contributed by atoms with Crippen LogP contribution in [0.2, 0.25) is 0 Å². The van der Waals surface area contributed by atoms with Crippen molar-refractivity contribution >= 4 is 0 Å². The molecule has 1 unspecified atom stereocenters. The molecule has 0 heterocycles. The molecule has 1 aromatic carbocycles. The second kappa shape index (κ2) is 6.42. The van der Waals surface area contributed by atoms with E-state index in [9.17, 15) is 0 Å². The fourth-order valence-electron chi connectivity index (χ4n) is 2.03. The fraction of sp³-hybridized carbons (Fsp3) is 0.647. The molecule has 0 fully saturated rings. The fourth-order valence-corrected chi connectivity index (χ4v) is 2.03. The summed E-state index contributed by atoms with van der Waals surface area (Å²) in [6.45, 7) is 14.1. The van der Waals surface area contributed by atoms with Crippen LogP contribution in [-0.4, -0.2) is 19.7 Å². The lowest BCUT2D eigenvalue weighted by molar-refractivity contribution is 0.150. The zero-order chi connectivity index (χ0) is 14.6. The highest BCUT2D eigenvalue weighted by Crippen LogP contribution is 2.28. The summed E-state index contributed by atoms with van der Waals surface area (Å²) in [5.74, 6) is 1.50. The van der Waals surface area contributed by atoms with Crippen molar-refractivity contribution in [2.75, 3.05) is 13.6 Å². The highest BCUT2D eigenvalue weighted by atomic mass is 16.5.